The Bertz CT molecular complexity index is 923. The van der Waals surface area contributed by atoms with Crippen LogP contribution in [-0.2, 0) is 9.53 Å². The molecule has 1 heterocycles. The molecule has 1 amide bonds. The quantitative estimate of drug-likeness (QED) is 0.458. The van der Waals surface area contributed by atoms with Gasteiger partial charge < -0.3 is 15.0 Å². The van der Waals surface area contributed by atoms with Crippen LogP contribution >= 0.6 is 34.2 Å². The number of nitrogens with one attached hydrogen (secondary N) is 2. The van der Waals surface area contributed by atoms with Gasteiger partial charge in [0.2, 0.25) is 0 Å². The number of ether oxygens (including phenoxy) is 1. The van der Waals surface area contributed by atoms with Crippen molar-refractivity contribution in [2.45, 2.75) is 0 Å². The van der Waals surface area contributed by atoms with Crippen LogP contribution in [0.2, 0.25) is 5.02 Å². The van der Waals surface area contributed by atoms with Crippen LogP contribution in [0.4, 0.5) is 5.69 Å². The second kappa shape index (κ2) is 7.23. The molecule has 2 aromatic carbocycles. The molecule has 0 radical (unpaired) electrons. The largest absolute Gasteiger partial charge is 0.451 e. The van der Waals surface area contributed by atoms with E-state index in [9.17, 15) is 9.59 Å². The highest BCUT2D eigenvalue weighted by molar-refractivity contribution is 14.1. The molecule has 0 spiro atoms. The van der Waals surface area contributed by atoms with Gasteiger partial charge in [0.25, 0.3) is 5.91 Å². The SMILES string of the molecule is O=C(COC(=O)c1[nH]c2ccccc2c1Cl)Nc1cccc(I)c1. The topological polar surface area (TPSA) is 71.2 Å². The molecule has 2 N–H and O–H groups in total. The van der Waals surface area contributed by atoms with E-state index >= 15 is 0 Å². The minimum Gasteiger partial charge on any atom is -0.451 e. The molecule has 3 rings (SSSR count). The lowest BCUT2D eigenvalue weighted by atomic mass is 10.2. The lowest BCUT2D eigenvalue weighted by Gasteiger charge is -2.06. The Labute approximate surface area is 156 Å². The van der Waals surface area contributed by atoms with Gasteiger partial charge >= 0.3 is 5.97 Å². The minimum atomic E-state index is -0.672. The number of anilines is 1. The number of carbonyl (C=O) groups is 2. The predicted octanol–water partition coefficient (Wildman–Crippen LogP) is 4.22. The van der Waals surface area contributed by atoms with Gasteiger partial charge in [-0.1, -0.05) is 35.9 Å². The van der Waals surface area contributed by atoms with Gasteiger partial charge in [0.05, 0.1) is 5.02 Å². The van der Waals surface area contributed by atoms with Crippen LogP contribution in [0, 0.1) is 3.57 Å². The van der Waals surface area contributed by atoms with Crippen molar-refractivity contribution >= 4 is 62.7 Å². The van der Waals surface area contributed by atoms with Crippen molar-refractivity contribution in [1.29, 1.82) is 0 Å². The number of rotatable bonds is 4. The summed E-state index contributed by atoms with van der Waals surface area (Å²) in [4.78, 5) is 26.9. The van der Waals surface area contributed by atoms with E-state index in [1.54, 1.807) is 12.1 Å². The van der Waals surface area contributed by atoms with Crippen LogP contribution in [0.25, 0.3) is 10.9 Å². The van der Waals surface area contributed by atoms with Gasteiger partial charge in [0, 0.05) is 20.2 Å². The molecule has 0 aliphatic rings. The van der Waals surface area contributed by atoms with E-state index in [1.807, 2.05) is 36.4 Å². The van der Waals surface area contributed by atoms with Gasteiger partial charge in [0.1, 0.15) is 5.69 Å². The fourth-order valence-electron chi connectivity index (χ4n) is 2.21. The summed E-state index contributed by atoms with van der Waals surface area (Å²) in [6.45, 7) is -0.393. The zero-order valence-corrected chi connectivity index (χ0v) is 15.2. The van der Waals surface area contributed by atoms with Gasteiger partial charge in [0.15, 0.2) is 6.61 Å². The Balaban J connectivity index is 1.64. The smallest absolute Gasteiger partial charge is 0.356 e. The molecule has 0 unspecified atom stereocenters. The number of amides is 1. The molecule has 1 aromatic heterocycles. The minimum absolute atomic E-state index is 0.139. The Hall–Kier alpha value is -2.06. The van der Waals surface area contributed by atoms with Crippen LogP contribution in [0.15, 0.2) is 48.5 Å². The maximum atomic E-state index is 12.1. The monoisotopic (exact) mass is 454 g/mol. The zero-order chi connectivity index (χ0) is 17.1. The molecule has 0 aliphatic heterocycles. The average molecular weight is 455 g/mol. The van der Waals surface area contributed by atoms with E-state index in [2.05, 4.69) is 32.9 Å². The number of carbonyl (C=O) groups excluding carboxylic acids is 2. The second-order valence-corrected chi connectivity index (χ2v) is 6.62. The van der Waals surface area contributed by atoms with Gasteiger partial charge in [-0.05, 0) is 46.9 Å². The molecule has 5 nitrogen and oxygen atoms in total. The van der Waals surface area contributed by atoms with Gasteiger partial charge in [-0.2, -0.15) is 0 Å². The molecule has 122 valence electrons. The van der Waals surface area contributed by atoms with Crippen molar-refractivity contribution in [3.8, 4) is 0 Å². The molecule has 0 aliphatic carbocycles. The molecule has 0 bridgehead atoms. The summed E-state index contributed by atoms with van der Waals surface area (Å²) in [6, 6.07) is 14.6. The Morgan fingerprint density at radius 1 is 1.17 bits per heavy atom. The lowest BCUT2D eigenvalue weighted by Crippen LogP contribution is -2.21. The molecule has 3 aromatic rings. The molecule has 0 saturated heterocycles. The van der Waals surface area contributed by atoms with Crippen LogP contribution in [0.5, 0.6) is 0 Å². The number of aromatic nitrogens is 1. The van der Waals surface area contributed by atoms with Gasteiger partial charge in [-0.3, -0.25) is 4.79 Å². The number of H-pyrrole nitrogens is 1. The third-order valence-corrected chi connectivity index (χ3v) is 4.35. The first-order chi connectivity index (χ1) is 11.5. The summed E-state index contributed by atoms with van der Waals surface area (Å²) in [5.74, 6) is -1.09. The fourth-order valence-corrected chi connectivity index (χ4v) is 3.05. The van der Waals surface area contributed by atoms with Crippen molar-refractivity contribution < 1.29 is 14.3 Å². The lowest BCUT2D eigenvalue weighted by molar-refractivity contribution is -0.119. The summed E-state index contributed by atoms with van der Waals surface area (Å²) in [5, 5.41) is 3.68. The Morgan fingerprint density at radius 3 is 2.71 bits per heavy atom. The summed E-state index contributed by atoms with van der Waals surface area (Å²) in [5.41, 5.74) is 1.52. The Kier molecular flexibility index (Phi) is 5.06. The number of aromatic amines is 1. The predicted molar refractivity (Wildman–Crippen MR) is 101 cm³/mol. The van der Waals surface area contributed by atoms with E-state index in [1.165, 1.54) is 0 Å². The van der Waals surface area contributed by atoms with Crippen LogP contribution in [-0.4, -0.2) is 23.5 Å². The average Bonchev–Trinajstić information content (AvgIpc) is 2.90. The number of para-hydroxylation sites is 1. The molecular formula is C17H12ClIN2O3. The molecule has 7 heteroatoms. The molecule has 0 saturated carbocycles. The van der Waals surface area contributed by atoms with Crippen LogP contribution < -0.4 is 5.32 Å². The number of halogens is 2. The van der Waals surface area contributed by atoms with Crippen molar-refractivity contribution in [2.24, 2.45) is 0 Å². The highest BCUT2D eigenvalue weighted by Crippen LogP contribution is 2.27. The molecule has 24 heavy (non-hydrogen) atoms. The van der Waals surface area contributed by atoms with E-state index in [0.717, 1.165) is 14.5 Å². The summed E-state index contributed by atoms with van der Waals surface area (Å²) in [7, 11) is 0. The van der Waals surface area contributed by atoms with Crippen LogP contribution in [0.3, 0.4) is 0 Å². The molecule has 0 fully saturated rings. The van der Waals surface area contributed by atoms with E-state index < -0.39 is 18.5 Å². The van der Waals surface area contributed by atoms with E-state index in [0.29, 0.717) is 5.69 Å². The van der Waals surface area contributed by atoms with Gasteiger partial charge in [-0.15, -0.1) is 0 Å². The highest BCUT2D eigenvalue weighted by Gasteiger charge is 2.18. The summed E-state index contributed by atoms with van der Waals surface area (Å²) in [6.07, 6.45) is 0. The summed E-state index contributed by atoms with van der Waals surface area (Å²) >= 11 is 8.33. The first-order valence-corrected chi connectivity index (χ1v) is 8.49. The number of hydrogen-bond acceptors (Lipinski definition) is 3. The summed E-state index contributed by atoms with van der Waals surface area (Å²) < 4.78 is 6.03. The fraction of sp³-hybridized carbons (Fsp3) is 0.0588. The Morgan fingerprint density at radius 2 is 1.96 bits per heavy atom. The molecular weight excluding hydrogens is 443 g/mol. The van der Waals surface area contributed by atoms with Crippen molar-refractivity contribution in [2.75, 3.05) is 11.9 Å². The number of benzene rings is 2. The van der Waals surface area contributed by atoms with Crippen LogP contribution in [0.1, 0.15) is 10.5 Å². The zero-order valence-electron chi connectivity index (χ0n) is 12.3. The second-order valence-electron chi connectivity index (χ2n) is 4.99. The number of esters is 1. The highest BCUT2D eigenvalue weighted by atomic mass is 127. The number of fused-ring (bicyclic) bond motifs is 1. The van der Waals surface area contributed by atoms with E-state index in [-0.39, 0.29) is 10.7 Å². The normalized spacial score (nSPS) is 10.6. The maximum Gasteiger partial charge on any atom is 0.356 e. The maximum absolute atomic E-state index is 12.1. The van der Waals surface area contributed by atoms with Crippen molar-refractivity contribution in [3.63, 3.8) is 0 Å². The third-order valence-electron chi connectivity index (χ3n) is 3.29. The first-order valence-electron chi connectivity index (χ1n) is 7.03. The van der Waals surface area contributed by atoms with Gasteiger partial charge in [-0.25, -0.2) is 4.79 Å². The number of hydrogen-bond donors (Lipinski definition) is 2. The van der Waals surface area contributed by atoms with Crippen molar-refractivity contribution in [1.82, 2.24) is 4.98 Å². The molecule has 0 atom stereocenters. The van der Waals surface area contributed by atoms with E-state index in [4.69, 9.17) is 16.3 Å². The van der Waals surface area contributed by atoms with Crippen molar-refractivity contribution in [3.05, 3.63) is 62.8 Å². The standard InChI is InChI=1S/C17H12ClIN2O3/c18-15-12-6-1-2-7-13(12)21-16(15)17(23)24-9-14(22)20-11-5-3-4-10(19)8-11/h1-8,21H,9H2,(H,20,22). The first kappa shape index (κ1) is 16.8. The third kappa shape index (κ3) is 3.70.